The Morgan fingerprint density at radius 2 is 2.09 bits per heavy atom. The molecule has 0 saturated carbocycles. The number of aromatic nitrogens is 4. The van der Waals surface area contributed by atoms with Gasteiger partial charge in [0.25, 0.3) is 0 Å². The van der Waals surface area contributed by atoms with Crippen LogP contribution in [0.4, 0.5) is 19.0 Å². The van der Waals surface area contributed by atoms with Crippen molar-refractivity contribution in [2.75, 3.05) is 11.1 Å². The maximum absolute atomic E-state index is 12.6. The third-order valence-corrected chi connectivity index (χ3v) is 4.00. The van der Waals surface area contributed by atoms with E-state index < -0.39 is 17.9 Å². The van der Waals surface area contributed by atoms with E-state index in [1.165, 1.54) is 19.3 Å². The molecule has 124 valence electrons. The maximum Gasteiger partial charge on any atom is 0.451 e. The standard InChI is InChI=1S/C11H8Cl2F3N5OS/c1-21-9(11(14,15)16)19-20-10(21)23-4-7(22)18-8-6(13)2-5(12)3-17-8/h2-3H,4H2,1H3,(H,17,18,22). The number of halogens is 5. The molecule has 1 amide bonds. The average molecular weight is 386 g/mol. The van der Waals surface area contributed by atoms with Crippen molar-refractivity contribution in [2.45, 2.75) is 11.3 Å². The fourth-order valence-corrected chi connectivity index (χ4v) is 2.63. The zero-order valence-corrected chi connectivity index (χ0v) is 13.7. The number of hydrogen-bond donors (Lipinski definition) is 1. The number of nitrogens with one attached hydrogen (secondary N) is 1. The first-order valence-electron chi connectivity index (χ1n) is 5.88. The molecular weight excluding hydrogens is 378 g/mol. The fraction of sp³-hybridized carbons (Fsp3) is 0.273. The molecule has 23 heavy (non-hydrogen) atoms. The minimum Gasteiger partial charge on any atom is -0.309 e. The highest BCUT2D eigenvalue weighted by molar-refractivity contribution is 7.99. The number of thioether (sulfide) groups is 1. The molecule has 1 N–H and O–H groups in total. The van der Waals surface area contributed by atoms with Gasteiger partial charge in [0, 0.05) is 13.2 Å². The second-order valence-corrected chi connectivity index (χ2v) is 5.97. The zero-order chi connectivity index (χ0) is 17.2. The SMILES string of the molecule is Cn1c(SCC(=O)Nc2ncc(Cl)cc2Cl)nnc1C(F)(F)F. The molecule has 0 fully saturated rings. The molecule has 0 unspecified atom stereocenters. The Morgan fingerprint density at radius 3 is 2.65 bits per heavy atom. The van der Waals surface area contributed by atoms with Crippen LogP contribution >= 0.6 is 35.0 Å². The lowest BCUT2D eigenvalue weighted by Gasteiger charge is -2.07. The molecule has 2 aromatic rings. The Bertz CT molecular complexity index is 737. The van der Waals surface area contributed by atoms with Crippen LogP contribution in [0.1, 0.15) is 5.82 Å². The van der Waals surface area contributed by atoms with Crippen molar-refractivity contribution in [2.24, 2.45) is 7.05 Å². The average Bonchev–Trinajstić information content (AvgIpc) is 2.81. The normalized spacial score (nSPS) is 11.6. The second-order valence-electron chi connectivity index (χ2n) is 4.18. The van der Waals surface area contributed by atoms with Gasteiger partial charge in [0.05, 0.1) is 15.8 Å². The van der Waals surface area contributed by atoms with Crippen molar-refractivity contribution in [1.29, 1.82) is 0 Å². The van der Waals surface area contributed by atoms with Gasteiger partial charge in [0.15, 0.2) is 11.0 Å². The van der Waals surface area contributed by atoms with E-state index in [9.17, 15) is 18.0 Å². The summed E-state index contributed by atoms with van der Waals surface area (Å²) in [6.45, 7) is 0. The minimum atomic E-state index is -4.61. The number of hydrogen-bond acceptors (Lipinski definition) is 5. The smallest absolute Gasteiger partial charge is 0.309 e. The van der Waals surface area contributed by atoms with E-state index in [2.05, 4.69) is 20.5 Å². The summed E-state index contributed by atoms with van der Waals surface area (Å²) in [5, 5.41) is 9.30. The molecular formula is C11H8Cl2F3N5OS. The van der Waals surface area contributed by atoms with Crippen LogP contribution in [0.3, 0.4) is 0 Å². The first-order chi connectivity index (χ1) is 10.7. The van der Waals surface area contributed by atoms with Gasteiger partial charge in [-0.3, -0.25) is 4.79 Å². The largest absolute Gasteiger partial charge is 0.451 e. The number of nitrogens with zero attached hydrogens (tertiary/aromatic N) is 4. The summed E-state index contributed by atoms with van der Waals surface area (Å²) in [6, 6.07) is 1.40. The number of alkyl halides is 3. The Balaban J connectivity index is 1.98. The molecule has 2 aromatic heterocycles. The first-order valence-corrected chi connectivity index (χ1v) is 7.63. The maximum atomic E-state index is 12.6. The summed E-state index contributed by atoms with van der Waals surface area (Å²) in [7, 11) is 1.17. The predicted molar refractivity (Wildman–Crippen MR) is 79.6 cm³/mol. The van der Waals surface area contributed by atoms with Crippen LogP contribution in [-0.4, -0.2) is 31.4 Å². The predicted octanol–water partition coefficient (Wildman–Crippen LogP) is 3.27. The monoisotopic (exact) mass is 385 g/mol. The van der Waals surface area contributed by atoms with E-state index in [4.69, 9.17) is 23.2 Å². The van der Waals surface area contributed by atoms with Gasteiger partial charge in [0.2, 0.25) is 11.7 Å². The van der Waals surface area contributed by atoms with Crippen molar-refractivity contribution in [3.05, 3.63) is 28.1 Å². The van der Waals surface area contributed by atoms with Gasteiger partial charge in [-0.15, -0.1) is 10.2 Å². The number of amides is 1. The van der Waals surface area contributed by atoms with Gasteiger partial charge in [-0.1, -0.05) is 35.0 Å². The molecule has 2 heterocycles. The number of carbonyl (C=O) groups excluding carboxylic acids is 1. The Labute approximate surface area is 142 Å². The highest BCUT2D eigenvalue weighted by Crippen LogP contribution is 2.29. The van der Waals surface area contributed by atoms with Crippen molar-refractivity contribution in [1.82, 2.24) is 19.7 Å². The van der Waals surface area contributed by atoms with Crippen LogP contribution in [0, 0.1) is 0 Å². The first kappa shape index (κ1) is 17.8. The van der Waals surface area contributed by atoms with Crippen LogP contribution in [0.2, 0.25) is 10.0 Å². The van der Waals surface area contributed by atoms with Crippen LogP contribution in [0.15, 0.2) is 17.4 Å². The number of pyridine rings is 1. The van der Waals surface area contributed by atoms with Crippen LogP contribution < -0.4 is 5.32 Å². The van der Waals surface area contributed by atoms with Gasteiger partial charge in [0.1, 0.15) is 0 Å². The van der Waals surface area contributed by atoms with Gasteiger partial charge < -0.3 is 9.88 Å². The summed E-state index contributed by atoms with van der Waals surface area (Å²) in [5.74, 6) is -1.73. The molecule has 0 atom stereocenters. The van der Waals surface area contributed by atoms with Crippen LogP contribution in [0.25, 0.3) is 0 Å². The molecule has 0 aliphatic carbocycles. The second kappa shape index (κ2) is 6.93. The summed E-state index contributed by atoms with van der Waals surface area (Å²) in [5.41, 5.74) is 0. The molecule has 12 heteroatoms. The Hall–Kier alpha value is -1.52. The van der Waals surface area contributed by atoms with E-state index >= 15 is 0 Å². The van der Waals surface area contributed by atoms with E-state index in [0.29, 0.717) is 5.02 Å². The lowest BCUT2D eigenvalue weighted by Crippen LogP contribution is -2.16. The van der Waals surface area contributed by atoms with E-state index in [-0.39, 0.29) is 21.7 Å². The van der Waals surface area contributed by atoms with Crippen molar-refractivity contribution in [3.63, 3.8) is 0 Å². The lowest BCUT2D eigenvalue weighted by atomic mass is 10.4. The minimum absolute atomic E-state index is 0.0392. The number of carbonyl (C=O) groups is 1. The summed E-state index contributed by atoms with van der Waals surface area (Å²) in [4.78, 5) is 15.6. The Morgan fingerprint density at radius 1 is 1.39 bits per heavy atom. The molecule has 6 nitrogen and oxygen atoms in total. The summed E-state index contributed by atoms with van der Waals surface area (Å²) in [6.07, 6.45) is -3.31. The van der Waals surface area contributed by atoms with Gasteiger partial charge >= 0.3 is 6.18 Å². The molecule has 0 aliphatic heterocycles. The summed E-state index contributed by atoms with van der Waals surface area (Å²) >= 11 is 12.3. The van der Waals surface area contributed by atoms with Crippen molar-refractivity contribution >= 4 is 46.7 Å². The van der Waals surface area contributed by atoms with Crippen molar-refractivity contribution in [3.8, 4) is 0 Å². The van der Waals surface area contributed by atoms with Crippen LogP contribution in [-0.2, 0) is 18.0 Å². The van der Waals surface area contributed by atoms with Gasteiger partial charge in [-0.05, 0) is 6.07 Å². The third kappa shape index (κ3) is 4.49. The quantitative estimate of drug-likeness (QED) is 0.817. The molecule has 2 rings (SSSR count). The molecule has 0 saturated heterocycles. The molecule has 0 aromatic carbocycles. The molecule has 0 bridgehead atoms. The fourth-order valence-electron chi connectivity index (χ4n) is 1.49. The van der Waals surface area contributed by atoms with Crippen LogP contribution in [0.5, 0.6) is 0 Å². The lowest BCUT2D eigenvalue weighted by molar-refractivity contribution is -0.147. The zero-order valence-electron chi connectivity index (χ0n) is 11.4. The topological polar surface area (TPSA) is 72.7 Å². The van der Waals surface area contributed by atoms with Gasteiger partial charge in [-0.2, -0.15) is 13.2 Å². The molecule has 0 radical (unpaired) electrons. The van der Waals surface area contributed by atoms with Crippen molar-refractivity contribution < 1.29 is 18.0 Å². The number of anilines is 1. The van der Waals surface area contributed by atoms with Gasteiger partial charge in [-0.25, -0.2) is 4.98 Å². The van der Waals surface area contributed by atoms with E-state index in [1.807, 2.05) is 0 Å². The molecule has 0 aliphatic rings. The highest BCUT2D eigenvalue weighted by atomic mass is 35.5. The summed E-state index contributed by atoms with van der Waals surface area (Å²) < 4.78 is 38.5. The van der Waals surface area contributed by atoms with E-state index in [0.717, 1.165) is 16.3 Å². The highest BCUT2D eigenvalue weighted by Gasteiger charge is 2.37. The third-order valence-electron chi connectivity index (χ3n) is 2.49. The Kier molecular flexibility index (Phi) is 5.37. The number of rotatable bonds is 4. The van der Waals surface area contributed by atoms with E-state index in [1.54, 1.807) is 0 Å². The molecule has 0 spiro atoms.